The molecule has 0 amide bonds. The minimum Gasteiger partial charge on any atom is -0.455 e. The number of nitrogen functional groups attached to an aromatic ring is 1. The van der Waals surface area contributed by atoms with Gasteiger partial charge in [0.1, 0.15) is 17.4 Å². The number of hydrogen-bond donors (Lipinski definition) is 3. The van der Waals surface area contributed by atoms with Crippen molar-refractivity contribution in [3.63, 3.8) is 0 Å². The molecule has 0 spiro atoms. The average Bonchev–Trinajstić information content (AvgIpc) is 2.66. The second-order valence-electron chi connectivity index (χ2n) is 5.78. The summed E-state index contributed by atoms with van der Waals surface area (Å²) >= 11 is 3.57. The first-order valence-electron chi connectivity index (χ1n) is 8.43. The fourth-order valence-electron chi connectivity index (χ4n) is 2.42. The Morgan fingerprint density at radius 1 is 1.07 bits per heavy atom. The van der Waals surface area contributed by atoms with Crippen molar-refractivity contribution < 1.29 is 13.5 Å². The first-order valence-corrected chi connectivity index (χ1v) is 10.5. The SMILES string of the molecule is CCSNc1cccc(Oc2cc(F)cc(Nc3ccc(I)cc3F)c2N)c1. The van der Waals surface area contributed by atoms with Gasteiger partial charge in [-0.2, -0.15) is 0 Å². The second-order valence-corrected chi connectivity index (χ2v) is 8.10. The molecule has 0 radical (unpaired) electrons. The van der Waals surface area contributed by atoms with Crippen LogP contribution in [0.2, 0.25) is 0 Å². The molecule has 0 aromatic heterocycles. The van der Waals surface area contributed by atoms with Gasteiger partial charge in [-0.15, -0.1) is 0 Å². The highest BCUT2D eigenvalue weighted by Crippen LogP contribution is 2.37. The van der Waals surface area contributed by atoms with Crippen molar-refractivity contribution >= 4 is 57.3 Å². The normalized spacial score (nSPS) is 10.6. The molecule has 0 atom stereocenters. The Bertz CT molecular complexity index is 988. The van der Waals surface area contributed by atoms with Crippen LogP contribution in [-0.2, 0) is 0 Å². The predicted octanol–water partition coefficient (Wildman–Crippen LogP) is 6.77. The number of nitrogens with two attached hydrogens (primary N) is 1. The van der Waals surface area contributed by atoms with Crippen LogP contribution in [0.3, 0.4) is 0 Å². The van der Waals surface area contributed by atoms with E-state index in [0.717, 1.165) is 15.0 Å². The van der Waals surface area contributed by atoms with Gasteiger partial charge in [0.25, 0.3) is 0 Å². The predicted molar refractivity (Wildman–Crippen MR) is 121 cm³/mol. The molecule has 28 heavy (non-hydrogen) atoms. The number of rotatable bonds is 7. The second kappa shape index (κ2) is 9.33. The van der Waals surface area contributed by atoms with Gasteiger partial charge in [0.15, 0.2) is 5.75 Å². The van der Waals surface area contributed by atoms with Crippen LogP contribution >= 0.6 is 34.5 Å². The van der Waals surface area contributed by atoms with E-state index in [-0.39, 0.29) is 22.8 Å². The largest absolute Gasteiger partial charge is 0.455 e. The third-order valence-corrected chi connectivity index (χ3v) is 5.04. The first kappa shape index (κ1) is 20.5. The Morgan fingerprint density at radius 3 is 2.64 bits per heavy atom. The summed E-state index contributed by atoms with van der Waals surface area (Å²) in [4.78, 5) is 0. The van der Waals surface area contributed by atoms with Gasteiger partial charge in [0.2, 0.25) is 0 Å². The molecule has 0 heterocycles. The smallest absolute Gasteiger partial charge is 0.155 e. The third kappa shape index (κ3) is 5.20. The summed E-state index contributed by atoms with van der Waals surface area (Å²) < 4.78 is 38.0. The molecule has 0 aliphatic heterocycles. The number of nitrogens with one attached hydrogen (secondary N) is 2. The van der Waals surface area contributed by atoms with Crippen LogP contribution in [0.1, 0.15) is 6.92 Å². The molecule has 3 aromatic rings. The summed E-state index contributed by atoms with van der Waals surface area (Å²) in [6.07, 6.45) is 0. The molecule has 4 nitrogen and oxygen atoms in total. The molecule has 0 unspecified atom stereocenters. The lowest BCUT2D eigenvalue weighted by Gasteiger charge is -2.15. The van der Waals surface area contributed by atoms with Crippen molar-refractivity contribution in [1.82, 2.24) is 0 Å². The number of hydrogen-bond acceptors (Lipinski definition) is 5. The molecule has 4 N–H and O–H groups in total. The molecule has 0 bridgehead atoms. The van der Waals surface area contributed by atoms with E-state index in [4.69, 9.17) is 10.5 Å². The highest BCUT2D eigenvalue weighted by molar-refractivity contribution is 14.1. The maximum absolute atomic E-state index is 14.1. The molecule has 0 fully saturated rings. The Labute approximate surface area is 180 Å². The van der Waals surface area contributed by atoms with E-state index < -0.39 is 11.6 Å². The van der Waals surface area contributed by atoms with Gasteiger partial charge in [-0.3, -0.25) is 0 Å². The van der Waals surface area contributed by atoms with Crippen LogP contribution in [-0.4, -0.2) is 5.75 Å². The van der Waals surface area contributed by atoms with Crippen molar-refractivity contribution in [2.75, 3.05) is 21.5 Å². The molecule has 146 valence electrons. The maximum atomic E-state index is 14.1. The van der Waals surface area contributed by atoms with Gasteiger partial charge in [-0.1, -0.05) is 24.9 Å². The molecule has 3 aromatic carbocycles. The van der Waals surface area contributed by atoms with E-state index in [1.54, 1.807) is 36.2 Å². The minimum atomic E-state index is -0.548. The monoisotopic (exact) mass is 513 g/mol. The summed E-state index contributed by atoms with van der Waals surface area (Å²) in [7, 11) is 0. The van der Waals surface area contributed by atoms with E-state index in [0.29, 0.717) is 5.75 Å². The van der Waals surface area contributed by atoms with Crippen LogP contribution < -0.4 is 20.5 Å². The fourth-order valence-corrected chi connectivity index (χ4v) is 3.31. The molecule has 0 aliphatic carbocycles. The zero-order chi connectivity index (χ0) is 20.1. The lowest BCUT2D eigenvalue weighted by atomic mass is 10.2. The zero-order valence-corrected chi connectivity index (χ0v) is 17.9. The van der Waals surface area contributed by atoms with E-state index in [2.05, 4.69) is 10.0 Å². The zero-order valence-electron chi connectivity index (χ0n) is 14.9. The maximum Gasteiger partial charge on any atom is 0.155 e. The van der Waals surface area contributed by atoms with E-state index >= 15 is 0 Å². The summed E-state index contributed by atoms with van der Waals surface area (Å²) in [6, 6.07) is 14.4. The van der Waals surface area contributed by atoms with Gasteiger partial charge in [0.05, 0.1) is 17.1 Å². The minimum absolute atomic E-state index is 0.147. The third-order valence-electron chi connectivity index (χ3n) is 3.70. The lowest BCUT2D eigenvalue weighted by molar-refractivity contribution is 0.480. The van der Waals surface area contributed by atoms with Gasteiger partial charge >= 0.3 is 0 Å². The molecule has 0 saturated carbocycles. The van der Waals surface area contributed by atoms with Gasteiger partial charge in [0, 0.05) is 27.1 Å². The fraction of sp³-hybridized carbons (Fsp3) is 0.100. The Hall–Kier alpha value is -2.20. The van der Waals surface area contributed by atoms with Crippen LogP contribution in [0.4, 0.5) is 31.5 Å². The number of ether oxygens (including phenoxy) is 1. The van der Waals surface area contributed by atoms with Crippen LogP contribution in [0, 0.1) is 15.2 Å². The van der Waals surface area contributed by atoms with E-state index in [1.807, 2.05) is 41.6 Å². The summed E-state index contributed by atoms with van der Waals surface area (Å²) in [5.41, 5.74) is 7.62. The van der Waals surface area contributed by atoms with Gasteiger partial charge in [-0.25, -0.2) is 8.78 Å². The van der Waals surface area contributed by atoms with E-state index in [1.165, 1.54) is 18.2 Å². The Morgan fingerprint density at radius 2 is 1.89 bits per heavy atom. The van der Waals surface area contributed by atoms with Gasteiger partial charge < -0.3 is 20.5 Å². The molecular formula is C20H18F2IN3OS. The van der Waals surface area contributed by atoms with Crippen LogP contribution in [0.5, 0.6) is 11.5 Å². The standard InChI is InChI=1S/C20H18F2IN3OS/c1-2-28-26-14-4-3-5-15(11-14)27-19-9-12(21)8-18(20(19)24)25-17-7-6-13(23)10-16(17)22/h3-11,25-26H,2,24H2,1H3. The number of benzene rings is 3. The highest BCUT2D eigenvalue weighted by atomic mass is 127. The summed E-state index contributed by atoms with van der Waals surface area (Å²) in [5, 5.41) is 2.83. The molecule has 0 aliphatic rings. The number of halogens is 3. The van der Waals surface area contributed by atoms with Crippen molar-refractivity contribution in [3.05, 3.63) is 69.8 Å². The van der Waals surface area contributed by atoms with Crippen LogP contribution in [0.15, 0.2) is 54.6 Å². The Balaban J connectivity index is 1.87. The highest BCUT2D eigenvalue weighted by Gasteiger charge is 2.13. The van der Waals surface area contributed by atoms with Crippen LogP contribution in [0.25, 0.3) is 0 Å². The topological polar surface area (TPSA) is 59.3 Å². The summed E-state index contributed by atoms with van der Waals surface area (Å²) in [5.74, 6) is 0.560. The molecule has 0 saturated heterocycles. The van der Waals surface area contributed by atoms with Crippen molar-refractivity contribution in [1.29, 1.82) is 0 Å². The van der Waals surface area contributed by atoms with Crippen molar-refractivity contribution in [3.8, 4) is 11.5 Å². The first-order chi connectivity index (χ1) is 13.5. The molecule has 8 heteroatoms. The molecular weight excluding hydrogens is 495 g/mol. The van der Waals surface area contributed by atoms with Crippen molar-refractivity contribution in [2.45, 2.75) is 6.92 Å². The van der Waals surface area contributed by atoms with Gasteiger partial charge in [-0.05, 0) is 59.0 Å². The summed E-state index contributed by atoms with van der Waals surface area (Å²) in [6.45, 7) is 2.04. The Kier molecular flexibility index (Phi) is 6.84. The molecule has 3 rings (SSSR count). The lowest BCUT2D eigenvalue weighted by Crippen LogP contribution is -2.02. The average molecular weight is 513 g/mol. The quantitative estimate of drug-likeness (QED) is 0.185. The number of anilines is 4. The van der Waals surface area contributed by atoms with E-state index in [9.17, 15) is 8.78 Å². The van der Waals surface area contributed by atoms with Crippen molar-refractivity contribution in [2.24, 2.45) is 0 Å².